The monoisotopic (exact) mass is 530 g/mol. The lowest BCUT2D eigenvalue weighted by atomic mass is 9.95. The number of rotatable bonds is 5. The van der Waals surface area contributed by atoms with Gasteiger partial charge in [0.2, 0.25) is 5.91 Å². The molecule has 1 N–H and O–H groups in total. The van der Waals surface area contributed by atoms with E-state index >= 15 is 0 Å². The number of amides is 1. The van der Waals surface area contributed by atoms with E-state index in [4.69, 9.17) is 9.72 Å². The maximum Gasteiger partial charge on any atom is 0.236 e. The van der Waals surface area contributed by atoms with Crippen molar-refractivity contribution in [3.63, 3.8) is 0 Å². The van der Waals surface area contributed by atoms with Crippen molar-refractivity contribution >= 4 is 28.4 Å². The summed E-state index contributed by atoms with van der Waals surface area (Å²) in [7, 11) is 0. The summed E-state index contributed by atoms with van der Waals surface area (Å²) >= 11 is 0. The molecule has 0 radical (unpaired) electrons. The van der Waals surface area contributed by atoms with Crippen LogP contribution < -0.4 is 4.90 Å². The quantitative estimate of drug-likeness (QED) is 0.423. The molecular weight excluding hydrogens is 492 g/mol. The van der Waals surface area contributed by atoms with E-state index in [-0.39, 0.29) is 17.9 Å². The van der Waals surface area contributed by atoms with Crippen LogP contribution in [0.4, 0.5) is 5.82 Å². The van der Waals surface area contributed by atoms with Crippen molar-refractivity contribution < 1.29 is 9.53 Å². The lowest BCUT2D eigenvalue weighted by Crippen LogP contribution is -2.56. The minimum absolute atomic E-state index is 0.179. The molecule has 4 aromatic rings. The van der Waals surface area contributed by atoms with E-state index in [1.807, 2.05) is 9.42 Å². The number of hydrogen-bond acceptors (Lipinski definition) is 7. The van der Waals surface area contributed by atoms with Crippen molar-refractivity contribution in [2.75, 3.05) is 57.4 Å². The lowest BCUT2D eigenvalue weighted by Gasteiger charge is -2.41. The van der Waals surface area contributed by atoms with E-state index in [2.05, 4.69) is 77.8 Å². The molecule has 6 rings (SSSR count). The number of anilines is 1. The van der Waals surface area contributed by atoms with Crippen LogP contribution in [0.2, 0.25) is 0 Å². The lowest BCUT2D eigenvalue weighted by molar-refractivity contribution is -0.134. The molecule has 39 heavy (non-hydrogen) atoms. The minimum atomic E-state index is 0.179. The van der Waals surface area contributed by atoms with E-state index in [1.165, 1.54) is 11.1 Å². The first-order chi connectivity index (χ1) is 18.8. The number of nitrogens with zero attached hydrogens (tertiary/aromatic N) is 7. The summed E-state index contributed by atoms with van der Waals surface area (Å²) in [6, 6.07) is 4.43. The summed E-state index contributed by atoms with van der Waals surface area (Å²) in [6.07, 6.45) is 3.67. The Morgan fingerprint density at radius 3 is 2.67 bits per heavy atom. The van der Waals surface area contributed by atoms with Gasteiger partial charge in [0.25, 0.3) is 0 Å². The Morgan fingerprint density at radius 2 is 1.92 bits per heavy atom. The van der Waals surface area contributed by atoms with Crippen LogP contribution in [0.15, 0.2) is 24.7 Å². The second-order valence-electron chi connectivity index (χ2n) is 11.2. The Hall–Kier alpha value is -3.50. The zero-order valence-corrected chi connectivity index (χ0v) is 23.6. The van der Waals surface area contributed by atoms with Gasteiger partial charge in [0.15, 0.2) is 5.65 Å². The van der Waals surface area contributed by atoms with Gasteiger partial charge in [-0.25, -0.2) is 14.5 Å². The van der Waals surface area contributed by atoms with E-state index in [0.717, 1.165) is 59.0 Å². The summed E-state index contributed by atoms with van der Waals surface area (Å²) < 4.78 is 7.28. The third-order valence-corrected chi connectivity index (χ3v) is 8.37. The first-order valence-corrected chi connectivity index (χ1v) is 14.0. The van der Waals surface area contributed by atoms with Crippen molar-refractivity contribution in [2.45, 2.75) is 46.6 Å². The van der Waals surface area contributed by atoms with Gasteiger partial charge in [-0.2, -0.15) is 5.10 Å². The van der Waals surface area contributed by atoms with Crippen LogP contribution in [-0.2, 0) is 9.53 Å². The topological polar surface area (TPSA) is 94.9 Å². The second kappa shape index (κ2) is 10.2. The van der Waals surface area contributed by atoms with Gasteiger partial charge < -0.3 is 19.5 Å². The van der Waals surface area contributed by atoms with Crippen LogP contribution in [-0.4, -0.2) is 98.8 Å². The molecule has 6 heterocycles. The highest BCUT2D eigenvalue weighted by Gasteiger charge is 2.29. The third kappa shape index (κ3) is 4.65. The Bertz CT molecular complexity index is 1520. The highest BCUT2D eigenvalue weighted by atomic mass is 16.5. The van der Waals surface area contributed by atoms with Gasteiger partial charge in [0.1, 0.15) is 12.1 Å². The Morgan fingerprint density at radius 1 is 1.13 bits per heavy atom. The second-order valence-corrected chi connectivity index (χ2v) is 11.2. The molecular formula is C29H38N8O2. The molecule has 0 spiro atoms. The number of H-pyrrole nitrogens is 1. The molecule has 2 saturated heterocycles. The number of carbonyl (C=O) groups is 1. The van der Waals surface area contributed by atoms with Gasteiger partial charge >= 0.3 is 0 Å². The van der Waals surface area contributed by atoms with Crippen LogP contribution >= 0.6 is 0 Å². The average molecular weight is 531 g/mol. The number of morpholine rings is 1. The SMILES string of the molecule is Cc1c(-c2[nH]c3ccc(N4CCN(C(=O)CN5CCOCC5)C[C@H]4C)nc3c2C(C)C)cn2ncnc2c1C. The summed E-state index contributed by atoms with van der Waals surface area (Å²) in [5.41, 5.74) is 8.66. The fourth-order valence-corrected chi connectivity index (χ4v) is 6.04. The van der Waals surface area contributed by atoms with Gasteiger partial charge in [-0.05, 0) is 49.9 Å². The molecule has 2 fully saturated rings. The normalized spacial score (nSPS) is 19.1. The number of hydrogen-bond donors (Lipinski definition) is 1. The zero-order valence-electron chi connectivity index (χ0n) is 23.6. The van der Waals surface area contributed by atoms with Crippen molar-refractivity contribution in [1.82, 2.24) is 34.4 Å². The number of piperazine rings is 1. The molecule has 2 aliphatic heterocycles. The number of carbonyl (C=O) groups excluding carboxylic acids is 1. The number of aromatic amines is 1. The molecule has 0 aromatic carbocycles. The number of ether oxygens (including phenoxy) is 1. The van der Waals surface area contributed by atoms with Crippen LogP contribution in [0, 0.1) is 13.8 Å². The number of pyridine rings is 2. The maximum atomic E-state index is 13.0. The fraction of sp³-hybridized carbons (Fsp3) is 0.517. The zero-order chi connectivity index (χ0) is 27.3. The van der Waals surface area contributed by atoms with E-state index < -0.39 is 0 Å². The van der Waals surface area contributed by atoms with Crippen molar-refractivity contribution in [1.29, 1.82) is 0 Å². The summed E-state index contributed by atoms with van der Waals surface area (Å²) in [6.45, 7) is 16.6. The van der Waals surface area contributed by atoms with Crippen LogP contribution in [0.5, 0.6) is 0 Å². The van der Waals surface area contributed by atoms with E-state index in [9.17, 15) is 4.79 Å². The molecule has 1 amide bonds. The summed E-state index contributed by atoms with van der Waals surface area (Å²) in [4.78, 5) is 32.9. The predicted molar refractivity (Wildman–Crippen MR) is 152 cm³/mol. The molecule has 1 atom stereocenters. The molecule has 4 aromatic heterocycles. The van der Waals surface area contributed by atoms with Gasteiger partial charge in [0, 0.05) is 56.1 Å². The molecule has 0 unspecified atom stereocenters. The molecule has 0 saturated carbocycles. The minimum Gasteiger partial charge on any atom is -0.379 e. The van der Waals surface area contributed by atoms with Crippen molar-refractivity contribution in [2.24, 2.45) is 0 Å². The Labute approximate surface area is 229 Å². The van der Waals surface area contributed by atoms with E-state index in [1.54, 1.807) is 6.33 Å². The number of fused-ring (bicyclic) bond motifs is 2. The predicted octanol–water partition coefficient (Wildman–Crippen LogP) is 3.38. The molecule has 206 valence electrons. The van der Waals surface area contributed by atoms with Crippen LogP contribution in [0.3, 0.4) is 0 Å². The number of aryl methyl sites for hydroxylation is 1. The third-order valence-electron chi connectivity index (χ3n) is 8.37. The molecule has 0 aliphatic carbocycles. The largest absolute Gasteiger partial charge is 0.379 e. The molecule has 2 aliphatic rings. The average Bonchev–Trinajstić information content (AvgIpc) is 3.55. The Balaban J connectivity index is 1.28. The maximum absolute atomic E-state index is 13.0. The van der Waals surface area contributed by atoms with Gasteiger partial charge in [-0.15, -0.1) is 0 Å². The number of aromatic nitrogens is 5. The van der Waals surface area contributed by atoms with Gasteiger partial charge in [-0.3, -0.25) is 9.69 Å². The van der Waals surface area contributed by atoms with Gasteiger partial charge in [-0.1, -0.05) is 13.8 Å². The van der Waals surface area contributed by atoms with Gasteiger partial charge in [0.05, 0.1) is 36.5 Å². The van der Waals surface area contributed by atoms with Crippen LogP contribution in [0.25, 0.3) is 27.9 Å². The van der Waals surface area contributed by atoms with Crippen molar-refractivity contribution in [3.8, 4) is 11.3 Å². The molecule has 10 heteroatoms. The first kappa shape index (κ1) is 25.8. The summed E-state index contributed by atoms with van der Waals surface area (Å²) in [5, 5.41) is 4.40. The first-order valence-electron chi connectivity index (χ1n) is 14.0. The standard InChI is InChI=1S/C29H38N8O2/c1-18(2)26-27(22-15-37-29(30-17-31-37)21(5)20(22)4)32-23-6-7-24(33-28(23)26)36-9-8-35(14-19(36)3)25(38)16-34-10-12-39-13-11-34/h6-7,15,17-19,32H,8-14,16H2,1-5H3/t19-/m1/s1. The number of nitrogens with one attached hydrogen (secondary N) is 1. The fourth-order valence-electron chi connectivity index (χ4n) is 6.04. The molecule has 0 bridgehead atoms. The van der Waals surface area contributed by atoms with Crippen LogP contribution in [0.1, 0.15) is 43.4 Å². The highest BCUT2D eigenvalue weighted by Crippen LogP contribution is 2.38. The Kier molecular flexibility index (Phi) is 6.76. The van der Waals surface area contributed by atoms with E-state index in [0.29, 0.717) is 32.8 Å². The summed E-state index contributed by atoms with van der Waals surface area (Å²) in [5.74, 6) is 1.44. The molecule has 10 nitrogen and oxygen atoms in total. The highest BCUT2D eigenvalue weighted by molar-refractivity contribution is 5.90. The van der Waals surface area contributed by atoms with Crippen molar-refractivity contribution in [3.05, 3.63) is 41.3 Å². The smallest absolute Gasteiger partial charge is 0.236 e.